The summed E-state index contributed by atoms with van der Waals surface area (Å²) in [7, 11) is 3.25. The van der Waals surface area contributed by atoms with Crippen LogP contribution in [0.4, 0.5) is 0 Å². The molecule has 0 aliphatic carbocycles. The van der Waals surface area contributed by atoms with Crippen molar-refractivity contribution in [3.63, 3.8) is 0 Å². The second-order valence-corrected chi connectivity index (χ2v) is 9.27. The molecular weight excluding hydrogens is 500 g/mol. The van der Waals surface area contributed by atoms with Gasteiger partial charge in [0, 0.05) is 61.3 Å². The lowest BCUT2D eigenvalue weighted by Crippen LogP contribution is -2.06. The third-order valence-corrected chi connectivity index (χ3v) is 6.88. The molecule has 0 amide bonds. The second kappa shape index (κ2) is 11.5. The van der Waals surface area contributed by atoms with Crippen molar-refractivity contribution in [2.75, 3.05) is 27.8 Å². The summed E-state index contributed by atoms with van der Waals surface area (Å²) >= 11 is 0. The van der Waals surface area contributed by atoms with Crippen molar-refractivity contribution in [2.45, 2.75) is 0 Å². The minimum atomic E-state index is 0.0830. The van der Waals surface area contributed by atoms with Crippen LogP contribution in [0.1, 0.15) is 0 Å². The largest absolute Gasteiger partial charge is 0.466 e. The number of nitrogens with zero attached hydrogens (tertiary/aromatic N) is 2. The van der Waals surface area contributed by atoms with E-state index >= 15 is 0 Å². The van der Waals surface area contributed by atoms with E-state index in [0.29, 0.717) is 11.5 Å². The van der Waals surface area contributed by atoms with Gasteiger partial charge in [-0.1, -0.05) is 48.5 Å². The topological polar surface area (TPSA) is 62.7 Å². The lowest BCUT2D eigenvalue weighted by atomic mass is 9.86. The van der Waals surface area contributed by atoms with E-state index in [1.54, 1.807) is 39.0 Å². The number of rotatable bonds is 9. The summed E-state index contributed by atoms with van der Waals surface area (Å²) in [6.07, 6.45) is 7.15. The molecule has 198 valence electrons. The van der Waals surface area contributed by atoms with Crippen molar-refractivity contribution in [1.82, 2.24) is 9.97 Å². The van der Waals surface area contributed by atoms with Gasteiger partial charge in [0.2, 0.25) is 0 Å². The van der Waals surface area contributed by atoms with Gasteiger partial charge in [-0.25, -0.2) is 0 Å². The Morgan fingerprint density at radius 1 is 0.525 bits per heavy atom. The van der Waals surface area contributed by atoms with Gasteiger partial charge in [-0.2, -0.15) is 0 Å². The van der Waals surface area contributed by atoms with Crippen molar-refractivity contribution < 1.29 is 18.9 Å². The number of aromatic nitrogens is 2. The summed E-state index contributed by atoms with van der Waals surface area (Å²) in [5.74, 6) is 1.40. The van der Waals surface area contributed by atoms with Crippen LogP contribution in [-0.2, 0) is 9.47 Å². The molecule has 0 radical (unpaired) electrons. The van der Waals surface area contributed by atoms with Gasteiger partial charge in [-0.05, 0) is 69.1 Å². The molecule has 4 aromatic carbocycles. The molecule has 0 atom stereocenters. The zero-order chi connectivity index (χ0) is 27.3. The molecule has 0 saturated carbocycles. The van der Waals surface area contributed by atoms with Crippen LogP contribution >= 0.6 is 0 Å². The summed E-state index contributed by atoms with van der Waals surface area (Å²) in [5, 5.41) is 4.21. The van der Waals surface area contributed by atoms with E-state index < -0.39 is 0 Å². The van der Waals surface area contributed by atoms with E-state index in [0.717, 1.165) is 54.9 Å². The maximum atomic E-state index is 6.45. The lowest BCUT2D eigenvalue weighted by molar-refractivity contribution is 0.0506. The highest BCUT2D eigenvalue weighted by Crippen LogP contribution is 2.52. The minimum Gasteiger partial charge on any atom is -0.466 e. The van der Waals surface area contributed by atoms with E-state index in [9.17, 15) is 0 Å². The molecule has 6 aromatic rings. The maximum absolute atomic E-state index is 6.45. The predicted molar refractivity (Wildman–Crippen MR) is 158 cm³/mol. The van der Waals surface area contributed by atoms with Crippen LogP contribution in [0.3, 0.4) is 0 Å². The van der Waals surface area contributed by atoms with E-state index in [4.69, 9.17) is 18.9 Å². The molecule has 6 rings (SSSR count). The highest BCUT2D eigenvalue weighted by molar-refractivity contribution is 6.14. The number of methoxy groups -OCH3 is 2. The van der Waals surface area contributed by atoms with Gasteiger partial charge in [0.1, 0.15) is 11.5 Å². The van der Waals surface area contributed by atoms with Crippen molar-refractivity contribution in [1.29, 1.82) is 0 Å². The average molecular weight is 529 g/mol. The normalized spacial score (nSPS) is 11.2. The first-order valence-corrected chi connectivity index (χ1v) is 13.0. The summed E-state index contributed by atoms with van der Waals surface area (Å²) < 4.78 is 23.7. The van der Waals surface area contributed by atoms with E-state index in [2.05, 4.69) is 46.4 Å². The van der Waals surface area contributed by atoms with Gasteiger partial charge in [0.25, 0.3) is 0 Å². The maximum Gasteiger partial charge on any atom is 0.188 e. The van der Waals surface area contributed by atoms with Gasteiger partial charge < -0.3 is 18.9 Å². The summed E-state index contributed by atoms with van der Waals surface area (Å²) in [6, 6.07) is 28.9. The van der Waals surface area contributed by atoms with Gasteiger partial charge in [-0.3, -0.25) is 9.97 Å². The number of hydrogen-bond donors (Lipinski definition) is 0. The summed E-state index contributed by atoms with van der Waals surface area (Å²) in [5.41, 5.74) is 5.68. The summed E-state index contributed by atoms with van der Waals surface area (Å²) in [6.45, 7) is 0.166. The lowest BCUT2D eigenvalue weighted by Gasteiger charge is -2.24. The van der Waals surface area contributed by atoms with Gasteiger partial charge in [0.15, 0.2) is 13.6 Å². The third-order valence-electron chi connectivity index (χ3n) is 6.88. The Balaban J connectivity index is 1.81. The van der Waals surface area contributed by atoms with Crippen LogP contribution in [0.15, 0.2) is 110 Å². The Labute approximate surface area is 232 Å². The van der Waals surface area contributed by atoms with Gasteiger partial charge in [-0.15, -0.1) is 0 Å². The molecule has 0 saturated heterocycles. The zero-order valence-corrected chi connectivity index (χ0v) is 22.3. The van der Waals surface area contributed by atoms with E-state index in [1.165, 1.54) is 0 Å². The van der Waals surface area contributed by atoms with Crippen LogP contribution < -0.4 is 9.47 Å². The predicted octanol–water partition coefficient (Wildman–Crippen LogP) is 7.75. The first-order chi connectivity index (χ1) is 19.8. The number of pyridine rings is 2. The number of ether oxygens (including phenoxy) is 4. The highest BCUT2D eigenvalue weighted by atomic mass is 16.7. The molecule has 0 bridgehead atoms. The van der Waals surface area contributed by atoms with Crippen LogP contribution in [0, 0.1) is 0 Å². The second-order valence-electron chi connectivity index (χ2n) is 9.27. The Kier molecular flexibility index (Phi) is 7.35. The minimum absolute atomic E-state index is 0.0830. The molecule has 2 aromatic heterocycles. The Bertz CT molecular complexity index is 1640. The molecule has 0 aliphatic rings. The first-order valence-electron chi connectivity index (χ1n) is 13.0. The molecule has 0 unspecified atom stereocenters. The van der Waals surface area contributed by atoms with Crippen LogP contribution in [0.2, 0.25) is 0 Å². The number of benzene rings is 4. The van der Waals surface area contributed by atoms with Crippen LogP contribution in [-0.4, -0.2) is 37.8 Å². The van der Waals surface area contributed by atoms with Crippen LogP contribution in [0.25, 0.3) is 54.9 Å². The molecule has 40 heavy (non-hydrogen) atoms. The molecule has 0 fully saturated rings. The first kappa shape index (κ1) is 25.5. The molecule has 2 heterocycles. The average Bonchev–Trinajstić information content (AvgIpc) is 3.02. The van der Waals surface area contributed by atoms with Crippen molar-refractivity contribution in [3.05, 3.63) is 110 Å². The van der Waals surface area contributed by atoms with Crippen molar-refractivity contribution in [2.24, 2.45) is 0 Å². The Morgan fingerprint density at radius 2 is 0.925 bits per heavy atom. The summed E-state index contributed by atoms with van der Waals surface area (Å²) in [4.78, 5) is 8.47. The standard InChI is InChI=1S/C34H28N2O4/c1-37-21-39-33-29(23-11-15-35-16-12-23)19-25-7-3-5-9-27(25)31(33)32-28-10-6-4-8-26(28)20-30(34(32)40-22-38-2)24-13-17-36-18-14-24/h3-20H,21-22H2,1-2H3. The highest BCUT2D eigenvalue weighted by Gasteiger charge is 2.25. The quantitative estimate of drug-likeness (QED) is 0.179. The monoisotopic (exact) mass is 528 g/mol. The molecule has 0 N–H and O–H groups in total. The van der Waals surface area contributed by atoms with Crippen molar-refractivity contribution in [3.8, 4) is 44.9 Å². The molecule has 0 spiro atoms. The fourth-order valence-corrected chi connectivity index (χ4v) is 5.18. The fourth-order valence-electron chi connectivity index (χ4n) is 5.18. The smallest absolute Gasteiger partial charge is 0.188 e. The fraction of sp³-hybridized carbons (Fsp3) is 0.118. The number of fused-ring (bicyclic) bond motifs is 2. The Hall–Kier alpha value is -4.78. The van der Waals surface area contributed by atoms with E-state index in [-0.39, 0.29) is 13.6 Å². The molecule has 6 heteroatoms. The van der Waals surface area contributed by atoms with E-state index in [1.807, 2.05) is 48.5 Å². The molecule has 0 aliphatic heterocycles. The zero-order valence-electron chi connectivity index (χ0n) is 22.3. The molecule has 6 nitrogen and oxygen atoms in total. The van der Waals surface area contributed by atoms with Crippen molar-refractivity contribution >= 4 is 21.5 Å². The third kappa shape index (κ3) is 4.75. The number of hydrogen-bond acceptors (Lipinski definition) is 6. The van der Waals surface area contributed by atoms with Gasteiger partial charge >= 0.3 is 0 Å². The SMILES string of the molecule is COCOc1c(-c2ccncc2)cc2ccccc2c1-c1c(OCOC)c(-c2ccncc2)cc2ccccc12. The Morgan fingerprint density at radius 3 is 1.32 bits per heavy atom. The van der Waals surface area contributed by atoms with Crippen LogP contribution in [0.5, 0.6) is 11.5 Å². The van der Waals surface area contributed by atoms with Gasteiger partial charge in [0.05, 0.1) is 0 Å². The molecular formula is C34H28N2O4.